The first-order valence-electron chi connectivity index (χ1n) is 26.8. The minimum atomic E-state index is -0.556. The van der Waals surface area contributed by atoms with Gasteiger partial charge in [-0.15, -0.1) is 0 Å². The highest BCUT2D eigenvalue weighted by Gasteiger charge is 2.17. The van der Waals surface area contributed by atoms with Crippen LogP contribution in [0.2, 0.25) is 0 Å². The first kappa shape index (κ1) is 59.6. The molecule has 360 valence electrons. The Morgan fingerprint density at radius 2 is 0.726 bits per heavy atom. The summed E-state index contributed by atoms with van der Waals surface area (Å²) in [6.45, 7) is 7.68. The Bertz CT molecular complexity index is 1070. The van der Waals surface area contributed by atoms with Gasteiger partial charge in [-0.1, -0.05) is 210 Å². The Hall–Kier alpha value is -2.40. The van der Waals surface area contributed by atoms with Gasteiger partial charge in [-0.05, 0) is 103 Å². The third-order valence-corrected chi connectivity index (χ3v) is 11.5. The number of unbranched alkanes of at least 4 members (excludes halogenated alkanes) is 28. The van der Waals surface area contributed by atoms with Gasteiger partial charge >= 0.3 is 11.9 Å². The lowest BCUT2D eigenvalue weighted by atomic mass is 10.1. The molecule has 0 saturated carbocycles. The van der Waals surface area contributed by atoms with Crippen LogP contribution in [0.4, 0.5) is 0 Å². The van der Waals surface area contributed by atoms with Gasteiger partial charge in [0.25, 0.3) is 0 Å². The number of allylic oxidation sites excluding steroid dienone is 10. The number of rotatable bonds is 49. The molecule has 0 radical (unpaired) electrons. The topological polar surface area (TPSA) is 61.8 Å². The smallest absolute Gasteiger partial charge is 0.306 e. The van der Waals surface area contributed by atoms with Crippen molar-refractivity contribution in [3.8, 4) is 0 Å². The molecule has 0 N–H and O–H groups in total. The molecule has 0 aliphatic heterocycles. The quantitative estimate of drug-likeness (QED) is 0.0346. The molecule has 0 rings (SSSR count). The molecule has 0 bridgehead atoms. The van der Waals surface area contributed by atoms with Crippen LogP contribution in [-0.4, -0.2) is 37.9 Å². The van der Waals surface area contributed by atoms with Crippen molar-refractivity contribution in [2.45, 2.75) is 271 Å². The van der Waals surface area contributed by atoms with Crippen molar-refractivity contribution in [3.63, 3.8) is 0 Å². The highest BCUT2D eigenvalue weighted by molar-refractivity contribution is 5.70. The van der Waals surface area contributed by atoms with Gasteiger partial charge in [0.2, 0.25) is 0 Å². The molecule has 1 unspecified atom stereocenters. The molecule has 0 heterocycles. The molecule has 0 aliphatic rings. The Balaban J connectivity index is 4.29. The van der Waals surface area contributed by atoms with Crippen LogP contribution in [0.3, 0.4) is 0 Å². The number of carbonyl (C=O) groups excluding carboxylic acids is 2. The highest BCUT2D eigenvalue weighted by atomic mass is 16.6. The van der Waals surface area contributed by atoms with Crippen LogP contribution in [0.25, 0.3) is 0 Å². The fourth-order valence-corrected chi connectivity index (χ4v) is 7.51. The second kappa shape index (κ2) is 52.9. The van der Waals surface area contributed by atoms with Crippen molar-refractivity contribution in [1.82, 2.24) is 0 Å². The van der Waals surface area contributed by atoms with E-state index in [9.17, 15) is 9.59 Å². The predicted molar refractivity (Wildman–Crippen MR) is 270 cm³/mol. The maximum Gasteiger partial charge on any atom is 0.306 e. The second-order valence-electron chi connectivity index (χ2n) is 17.7. The maximum atomic E-state index is 12.8. The summed E-state index contributed by atoms with van der Waals surface area (Å²) in [5, 5.41) is 0. The molecular formula is C57H102O5. The first-order chi connectivity index (χ1) is 30.6. The molecule has 1 atom stereocenters. The van der Waals surface area contributed by atoms with Crippen LogP contribution in [0.5, 0.6) is 0 Å². The van der Waals surface area contributed by atoms with E-state index in [1.54, 1.807) is 0 Å². The molecule has 0 spiro atoms. The minimum Gasteiger partial charge on any atom is -0.462 e. The molecule has 0 saturated heterocycles. The van der Waals surface area contributed by atoms with E-state index >= 15 is 0 Å². The van der Waals surface area contributed by atoms with Gasteiger partial charge in [0.05, 0.1) is 6.61 Å². The number of hydrogen-bond acceptors (Lipinski definition) is 5. The van der Waals surface area contributed by atoms with E-state index in [0.29, 0.717) is 19.4 Å². The van der Waals surface area contributed by atoms with Crippen molar-refractivity contribution in [2.75, 3.05) is 19.8 Å². The molecule has 0 aromatic rings. The van der Waals surface area contributed by atoms with Crippen LogP contribution in [0.1, 0.15) is 265 Å². The molecule has 0 aromatic heterocycles. The average Bonchev–Trinajstić information content (AvgIpc) is 3.27. The normalized spacial score (nSPS) is 12.6. The molecule has 0 aromatic carbocycles. The fourth-order valence-electron chi connectivity index (χ4n) is 7.51. The van der Waals surface area contributed by atoms with Gasteiger partial charge in [-0.25, -0.2) is 0 Å². The number of esters is 2. The van der Waals surface area contributed by atoms with Crippen molar-refractivity contribution >= 4 is 11.9 Å². The van der Waals surface area contributed by atoms with Gasteiger partial charge in [-0.3, -0.25) is 9.59 Å². The van der Waals surface area contributed by atoms with Crippen molar-refractivity contribution in [1.29, 1.82) is 0 Å². The first-order valence-corrected chi connectivity index (χ1v) is 26.8. The standard InChI is InChI=1S/C57H102O5/c1-4-7-10-13-16-19-22-25-27-28-29-31-34-37-40-43-46-49-52-60-53-55(62-57(59)51-48-45-42-39-36-32-24-21-18-15-12-9-6-3)54-61-56(58)50-47-44-41-38-35-33-30-26-23-20-17-14-11-8-5-2/h9,12,18,21,25-27,30,32,36,55H,4-8,10-11,13-17,19-20,22-24,28-29,31,33-35,37-54H2,1-3H3/b12-9-,21-18-,27-25-,30-26-,36-32-. The molecular weight excluding hydrogens is 765 g/mol. The van der Waals surface area contributed by atoms with E-state index in [4.69, 9.17) is 14.2 Å². The molecule has 0 amide bonds. The summed E-state index contributed by atoms with van der Waals surface area (Å²) in [4.78, 5) is 25.4. The lowest BCUT2D eigenvalue weighted by Gasteiger charge is -2.18. The molecule has 0 aliphatic carbocycles. The third-order valence-electron chi connectivity index (χ3n) is 11.5. The van der Waals surface area contributed by atoms with E-state index in [1.165, 1.54) is 148 Å². The Labute approximate surface area is 385 Å². The summed E-state index contributed by atoms with van der Waals surface area (Å²) in [7, 11) is 0. The van der Waals surface area contributed by atoms with E-state index in [0.717, 1.165) is 83.5 Å². The van der Waals surface area contributed by atoms with Gasteiger partial charge in [0, 0.05) is 19.4 Å². The fraction of sp³-hybridized carbons (Fsp3) is 0.789. The van der Waals surface area contributed by atoms with E-state index < -0.39 is 6.10 Å². The zero-order chi connectivity index (χ0) is 44.9. The summed E-state index contributed by atoms with van der Waals surface area (Å²) in [6.07, 6.45) is 66.6. The van der Waals surface area contributed by atoms with Crippen molar-refractivity contribution in [3.05, 3.63) is 60.8 Å². The lowest BCUT2D eigenvalue weighted by Crippen LogP contribution is -2.30. The number of carbonyl (C=O) groups is 2. The summed E-state index contributed by atoms with van der Waals surface area (Å²) in [5.41, 5.74) is 0. The largest absolute Gasteiger partial charge is 0.462 e. The van der Waals surface area contributed by atoms with Gasteiger partial charge in [0.1, 0.15) is 6.61 Å². The molecule has 5 heteroatoms. The third kappa shape index (κ3) is 50.2. The van der Waals surface area contributed by atoms with Crippen LogP contribution in [0, 0.1) is 0 Å². The van der Waals surface area contributed by atoms with Crippen LogP contribution in [-0.2, 0) is 23.8 Å². The Morgan fingerprint density at radius 1 is 0.371 bits per heavy atom. The van der Waals surface area contributed by atoms with Crippen LogP contribution in [0.15, 0.2) is 60.8 Å². The Kier molecular flexibility index (Phi) is 50.9. The molecule has 5 nitrogen and oxygen atoms in total. The van der Waals surface area contributed by atoms with E-state index in [-0.39, 0.29) is 25.2 Å². The number of ether oxygens (including phenoxy) is 3. The monoisotopic (exact) mass is 867 g/mol. The zero-order valence-corrected chi connectivity index (χ0v) is 41.4. The van der Waals surface area contributed by atoms with E-state index in [2.05, 4.69) is 81.5 Å². The molecule has 62 heavy (non-hydrogen) atoms. The summed E-state index contributed by atoms with van der Waals surface area (Å²) in [6, 6.07) is 0. The highest BCUT2D eigenvalue weighted by Crippen LogP contribution is 2.14. The van der Waals surface area contributed by atoms with E-state index in [1.807, 2.05) is 0 Å². The Morgan fingerprint density at radius 3 is 1.19 bits per heavy atom. The summed E-state index contributed by atoms with van der Waals surface area (Å²) >= 11 is 0. The molecule has 0 fully saturated rings. The van der Waals surface area contributed by atoms with Gasteiger partial charge < -0.3 is 14.2 Å². The SMILES string of the molecule is CC/C=C\C/C=C\C/C=C\CCCCCC(=O)OC(COCCCCCCCCCC/C=C\CCCCCCCC)COC(=O)CCCCCCC/C=C\CCCCCCCC. The van der Waals surface area contributed by atoms with Crippen molar-refractivity contribution < 1.29 is 23.8 Å². The van der Waals surface area contributed by atoms with Crippen LogP contribution < -0.4 is 0 Å². The van der Waals surface area contributed by atoms with Crippen molar-refractivity contribution in [2.24, 2.45) is 0 Å². The maximum absolute atomic E-state index is 12.8. The lowest BCUT2D eigenvalue weighted by molar-refractivity contribution is -0.163. The van der Waals surface area contributed by atoms with Gasteiger partial charge in [-0.2, -0.15) is 0 Å². The minimum absolute atomic E-state index is 0.0682. The van der Waals surface area contributed by atoms with Gasteiger partial charge in [0.15, 0.2) is 6.10 Å². The summed E-state index contributed by atoms with van der Waals surface area (Å²) < 4.78 is 17.4. The second-order valence-corrected chi connectivity index (χ2v) is 17.7. The number of hydrogen-bond donors (Lipinski definition) is 0. The zero-order valence-electron chi connectivity index (χ0n) is 41.4. The predicted octanol–water partition coefficient (Wildman–Crippen LogP) is 18.1. The summed E-state index contributed by atoms with van der Waals surface area (Å²) in [5.74, 6) is -0.436. The van der Waals surface area contributed by atoms with Crippen LogP contribution >= 0.6 is 0 Å². The average molecular weight is 867 g/mol.